The van der Waals surface area contributed by atoms with Crippen molar-refractivity contribution in [1.29, 1.82) is 0 Å². The lowest BCUT2D eigenvalue weighted by atomic mass is 9.89. The SMILES string of the molecule is CC1=CC(C)(C)Nc2ccc(-c3cccc(Cl)c3C)cc21. The summed E-state index contributed by atoms with van der Waals surface area (Å²) in [6, 6.07) is 12.7. The monoisotopic (exact) mass is 297 g/mol. The van der Waals surface area contributed by atoms with Gasteiger partial charge in [-0.3, -0.25) is 0 Å². The first kappa shape index (κ1) is 14.2. The average Bonchev–Trinajstić information content (AvgIpc) is 2.40. The molecule has 1 nitrogen and oxygen atoms in total. The van der Waals surface area contributed by atoms with Crippen LogP contribution in [0.25, 0.3) is 16.7 Å². The van der Waals surface area contributed by atoms with E-state index >= 15 is 0 Å². The second-order valence-electron chi connectivity index (χ2n) is 6.35. The Morgan fingerprint density at radius 2 is 1.76 bits per heavy atom. The molecule has 0 radical (unpaired) electrons. The van der Waals surface area contributed by atoms with Crippen molar-refractivity contribution in [3.8, 4) is 11.1 Å². The van der Waals surface area contributed by atoms with Gasteiger partial charge in [-0.1, -0.05) is 35.9 Å². The Labute approximate surface area is 131 Å². The van der Waals surface area contributed by atoms with Crippen molar-refractivity contribution in [2.24, 2.45) is 0 Å². The number of hydrogen-bond acceptors (Lipinski definition) is 1. The van der Waals surface area contributed by atoms with E-state index in [0.717, 1.165) is 10.6 Å². The highest BCUT2D eigenvalue weighted by atomic mass is 35.5. The van der Waals surface area contributed by atoms with Gasteiger partial charge in [-0.25, -0.2) is 0 Å². The van der Waals surface area contributed by atoms with Crippen LogP contribution in [0.1, 0.15) is 31.9 Å². The molecule has 3 rings (SSSR count). The third-order valence-electron chi connectivity index (χ3n) is 4.06. The zero-order chi connectivity index (χ0) is 15.2. The minimum absolute atomic E-state index is 0.00454. The average molecular weight is 298 g/mol. The van der Waals surface area contributed by atoms with Crippen molar-refractivity contribution < 1.29 is 0 Å². The maximum absolute atomic E-state index is 6.25. The fraction of sp³-hybridized carbons (Fsp3) is 0.263. The predicted octanol–water partition coefficient (Wildman–Crippen LogP) is 5.92. The Morgan fingerprint density at radius 3 is 2.52 bits per heavy atom. The highest BCUT2D eigenvalue weighted by molar-refractivity contribution is 6.31. The molecule has 1 N–H and O–H groups in total. The predicted molar refractivity (Wildman–Crippen MR) is 93.0 cm³/mol. The van der Waals surface area contributed by atoms with E-state index < -0.39 is 0 Å². The summed E-state index contributed by atoms with van der Waals surface area (Å²) in [5.41, 5.74) is 7.32. The molecular formula is C19H20ClN. The molecule has 0 aliphatic carbocycles. The Balaban J connectivity index is 2.13. The number of nitrogens with one attached hydrogen (secondary N) is 1. The second kappa shape index (κ2) is 4.92. The van der Waals surface area contributed by atoms with E-state index in [1.165, 1.54) is 28.0 Å². The van der Waals surface area contributed by atoms with Crippen LogP contribution < -0.4 is 5.32 Å². The van der Waals surface area contributed by atoms with Gasteiger partial charge in [0, 0.05) is 16.3 Å². The molecule has 0 spiro atoms. The molecule has 2 heteroatoms. The minimum atomic E-state index is 0.00454. The first-order chi connectivity index (χ1) is 9.87. The quantitative estimate of drug-likeness (QED) is 0.688. The third-order valence-corrected chi connectivity index (χ3v) is 4.47. The molecule has 108 valence electrons. The largest absolute Gasteiger partial charge is 0.376 e. The molecule has 2 aromatic carbocycles. The normalized spacial score (nSPS) is 16.0. The second-order valence-corrected chi connectivity index (χ2v) is 6.75. The molecule has 0 atom stereocenters. The standard InChI is InChI=1S/C19H20ClN/c1-12-11-19(3,4)21-18-9-8-14(10-16(12)18)15-6-5-7-17(20)13(15)2/h5-11,21H,1-4H3. The summed E-state index contributed by atoms with van der Waals surface area (Å²) in [5.74, 6) is 0. The van der Waals surface area contributed by atoms with E-state index in [1.807, 2.05) is 12.1 Å². The smallest absolute Gasteiger partial charge is 0.0505 e. The highest BCUT2D eigenvalue weighted by Gasteiger charge is 2.22. The van der Waals surface area contributed by atoms with Gasteiger partial charge >= 0.3 is 0 Å². The molecule has 0 amide bonds. The van der Waals surface area contributed by atoms with Crippen molar-refractivity contribution >= 4 is 22.9 Å². The van der Waals surface area contributed by atoms with Crippen molar-refractivity contribution in [1.82, 2.24) is 0 Å². The Bertz CT molecular complexity index is 741. The maximum Gasteiger partial charge on any atom is 0.0505 e. The van der Waals surface area contributed by atoms with E-state index in [2.05, 4.69) is 63.4 Å². The van der Waals surface area contributed by atoms with E-state index in [-0.39, 0.29) is 5.54 Å². The first-order valence-corrected chi connectivity index (χ1v) is 7.63. The molecule has 0 fully saturated rings. The van der Waals surface area contributed by atoms with Crippen LogP contribution >= 0.6 is 11.6 Å². The molecule has 1 aliphatic heterocycles. The van der Waals surface area contributed by atoms with Crippen LogP contribution in [0, 0.1) is 6.92 Å². The van der Waals surface area contributed by atoms with Gasteiger partial charge in [-0.15, -0.1) is 0 Å². The van der Waals surface area contributed by atoms with Crippen LogP contribution in [0.2, 0.25) is 5.02 Å². The number of benzene rings is 2. The fourth-order valence-corrected chi connectivity index (χ4v) is 3.24. The van der Waals surface area contributed by atoms with Crippen LogP contribution in [0.5, 0.6) is 0 Å². The van der Waals surface area contributed by atoms with E-state index in [9.17, 15) is 0 Å². The summed E-state index contributed by atoms with van der Waals surface area (Å²) in [7, 11) is 0. The highest BCUT2D eigenvalue weighted by Crippen LogP contribution is 2.37. The molecule has 0 saturated heterocycles. The topological polar surface area (TPSA) is 12.0 Å². The molecule has 1 heterocycles. The van der Waals surface area contributed by atoms with Crippen LogP contribution in [0.3, 0.4) is 0 Å². The van der Waals surface area contributed by atoms with E-state index in [0.29, 0.717) is 0 Å². The summed E-state index contributed by atoms with van der Waals surface area (Å²) in [6.45, 7) is 8.63. The van der Waals surface area contributed by atoms with Crippen LogP contribution in [-0.2, 0) is 0 Å². The van der Waals surface area contributed by atoms with Gasteiger partial charge < -0.3 is 5.32 Å². The van der Waals surface area contributed by atoms with Gasteiger partial charge in [0.25, 0.3) is 0 Å². The molecule has 0 unspecified atom stereocenters. The van der Waals surface area contributed by atoms with Gasteiger partial charge in [-0.2, -0.15) is 0 Å². The van der Waals surface area contributed by atoms with Crippen LogP contribution in [-0.4, -0.2) is 5.54 Å². The van der Waals surface area contributed by atoms with Crippen LogP contribution in [0.4, 0.5) is 5.69 Å². The number of rotatable bonds is 1. The van der Waals surface area contributed by atoms with Gasteiger partial charge in [0.2, 0.25) is 0 Å². The summed E-state index contributed by atoms with van der Waals surface area (Å²) in [6.07, 6.45) is 2.28. The first-order valence-electron chi connectivity index (χ1n) is 7.25. The summed E-state index contributed by atoms with van der Waals surface area (Å²) >= 11 is 6.25. The van der Waals surface area contributed by atoms with Crippen LogP contribution in [0.15, 0.2) is 42.5 Å². The Morgan fingerprint density at radius 1 is 1.00 bits per heavy atom. The molecule has 0 saturated carbocycles. The van der Waals surface area contributed by atoms with Gasteiger partial charge in [0.1, 0.15) is 0 Å². The zero-order valence-corrected chi connectivity index (χ0v) is 13.7. The summed E-state index contributed by atoms with van der Waals surface area (Å²) < 4.78 is 0. The van der Waals surface area contributed by atoms with E-state index in [1.54, 1.807) is 0 Å². The number of fused-ring (bicyclic) bond motifs is 1. The third kappa shape index (κ3) is 2.58. The van der Waals surface area contributed by atoms with Crippen molar-refractivity contribution in [3.05, 3.63) is 58.6 Å². The van der Waals surface area contributed by atoms with Gasteiger partial charge in [-0.05, 0) is 68.2 Å². The Hall–Kier alpha value is -1.73. The lowest BCUT2D eigenvalue weighted by Crippen LogP contribution is -2.31. The molecule has 1 aliphatic rings. The molecule has 21 heavy (non-hydrogen) atoms. The summed E-state index contributed by atoms with van der Waals surface area (Å²) in [4.78, 5) is 0. The number of hydrogen-bond donors (Lipinski definition) is 1. The molecule has 0 bridgehead atoms. The fourth-order valence-electron chi connectivity index (χ4n) is 3.07. The van der Waals surface area contributed by atoms with Gasteiger partial charge in [0.15, 0.2) is 0 Å². The van der Waals surface area contributed by atoms with Gasteiger partial charge in [0.05, 0.1) is 5.54 Å². The van der Waals surface area contributed by atoms with Crippen molar-refractivity contribution in [2.45, 2.75) is 33.2 Å². The number of halogens is 1. The Kier molecular flexibility index (Phi) is 3.33. The van der Waals surface area contributed by atoms with Crippen molar-refractivity contribution in [3.63, 3.8) is 0 Å². The molecule has 0 aromatic heterocycles. The zero-order valence-electron chi connectivity index (χ0n) is 12.9. The minimum Gasteiger partial charge on any atom is -0.376 e. The summed E-state index contributed by atoms with van der Waals surface area (Å²) in [5, 5.41) is 4.39. The lowest BCUT2D eigenvalue weighted by molar-refractivity contribution is 0.707. The van der Waals surface area contributed by atoms with E-state index in [4.69, 9.17) is 11.6 Å². The molecular weight excluding hydrogens is 278 g/mol. The number of allylic oxidation sites excluding steroid dienone is 1. The lowest BCUT2D eigenvalue weighted by Gasteiger charge is -2.31. The number of anilines is 1. The maximum atomic E-state index is 6.25. The van der Waals surface area contributed by atoms with Crippen molar-refractivity contribution in [2.75, 3.05) is 5.32 Å². The molecule has 2 aromatic rings.